The molecular weight excluding hydrogens is 364 g/mol. The molecule has 0 bridgehead atoms. The normalized spacial score (nSPS) is 18.3. The van der Waals surface area contributed by atoms with E-state index in [2.05, 4.69) is 27.5 Å². The van der Waals surface area contributed by atoms with E-state index in [0.717, 1.165) is 13.0 Å². The Bertz CT molecular complexity index is 646. The van der Waals surface area contributed by atoms with E-state index in [1.165, 1.54) is 43.4 Å². The van der Waals surface area contributed by atoms with Crippen molar-refractivity contribution >= 4 is 33.4 Å². The first-order valence-electron chi connectivity index (χ1n) is 9.86. The van der Waals surface area contributed by atoms with Crippen molar-refractivity contribution in [3.05, 3.63) is 0 Å². The Kier molecular flexibility index (Phi) is 7.01. The number of nitrogens with one attached hydrogen (secondary N) is 1. The third-order valence-electron chi connectivity index (χ3n) is 5.40. The molecule has 2 fully saturated rings. The van der Waals surface area contributed by atoms with Crippen molar-refractivity contribution in [3.63, 3.8) is 0 Å². The molecule has 1 saturated heterocycles. The minimum Gasteiger partial charge on any atom is -0.353 e. The molecule has 2 heterocycles. The molecule has 1 aliphatic heterocycles. The molecule has 9 heteroatoms. The number of carbonyl (C=O) groups excluding carboxylic acids is 2. The number of likely N-dealkylation sites (N-methyl/N-ethyl adjacent to an activating group) is 2. The highest BCUT2D eigenvalue weighted by Gasteiger charge is 2.25. The number of carbonyl (C=O) groups is 2. The molecule has 1 aromatic heterocycles. The van der Waals surface area contributed by atoms with Crippen molar-refractivity contribution in [3.8, 4) is 0 Å². The van der Waals surface area contributed by atoms with E-state index in [-0.39, 0.29) is 18.4 Å². The zero-order chi connectivity index (χ0) is 19.2. The molecule has 0 aromatic carbocycles. The van der Waals surface area contributed by atoms with Gasteiger partial charge in [-0.05, 0) is 26.3 Å². The van der Waals surface area contributed by atoms with Gasteiger partial charge < -0.3 is 15.1 Å². The predicted molar refractivity (Wildman–Crippen MR) is 107 cm³/mol. The number of nitrogens with zero attached hydrogens (tertiary/aromatic N) is 5. The first-order valence-corrected chi connectivity index (χ1v) is 10.7. The first kappa shape index (κ1) is 20.0. The maximum Gasteiger partial charge on any atom is 0.239 e. The average Bonchev–Trinajstić information content (AvgIpc) is 3.31. The maximum absolute atomic E-state index is 12.2. The molecule has 0 atom stereocenters. The fourth-order valence-electron chi connectivity index (χ4n) is 3.74. The summed E-state index contributed by atoms with van der Waals surface area (Å²) >= 11 is 1.35. The van der Waals surface area contributed by atoms with E-state index in [9.17, 15) is 9.59 Å². The molecular formula is C18H30N6O2S. The second-order valence-corrected chi connectivity index (χ2v) is 8.43. The van der Waals surface area contributed by atoms with E-state index in [4.69, 9.17) is 0 Å². The molecule has 2 aliphatic rings. The topological polar surface area (TPSA) is 81.7 Å². The molecule has 1 aliphatic carbocycles. The van der Waals surface area contributed by atoms with Gasteiger partial charge in [0.05, 0.1) is 6.54 Å². The van der Waals surface area contributed by atoms with E-state index in [1.807, 2.05) is 7.05 Å². The van der Waals surface area contributed by atoms with Crippen LogP contribution in [0, 0.1) is 0 Å². The summed E-state index contributed by atoms with van der Waals surface area (Å²) in [5.41, 5.74) is 0. The largest absolute Gasteiger partial charge is 0.353 e. The van der Waals surface area contributed by atoms with E-state index < -0.39 is 0 Å². The summed E-state index contributed by atoms with van der Waals surface area (Å²) in [5, 5.41) is 12.5. The van der Waals surface area contributed by atoms with Crippen molar-refractivity contribution in [2.75, 3.05) is 50.1 Å². The summed E-state index contributed by atoms with van der Waals surface area (Å²) < 4.78 is 0. The summed E-state index contributed by atoms with van der Waals surface area (Å²) in [4.78, 5) is 29.8. The van der Waals surface area contributed by atoms with Gasteiger partial charge in [-0.15, -0.1) is 10.2 Å². The first-order chi connectivity index (χ1) is 13.0. The van der Waals surface area contributed by atoms with Crippen LogP contribution in [0.5, 0.6) is 0 Å². The second kappa shape index (κ2) is 9.45. The second-order valence-electron chi connectivity index (χ2n) is 7.49. The lowest BCUT2D eigenvalue weighted by atomic mass is 9.94. The predicted octanol–water partition coefficient (Wildman–Crippen LogP) is 1.48. The Hall–Kier alpha value is -1.74. The highest BCUT2D eigenvalue weighted by atomic mass is 32.1. The summed E-state index contributed by atoms with van der Waals surface area (Å²) in [6.07, 6.45) is 7.96. The number of hydrogen-bond acceptors (Lipinski definition) is 7. The molecule has 27 heavy (non-hydrogen) atoms. The third kappa shape index (κ3) is 5.38. The zero-order valence-corrected chi connectivity index (χ0v) is 17.1. The molecule has 0 spiro atoms. The Labute approximate surface area is 164 Å². The fraction of sp³-hybridized carbons (Fsp3) is 0.778. The van der Waals surface area contributed by atoms with Gasteiger partial charge in [0.25, 0.3) is 0 Å². The standard InChI is InChI=1S/C18H30N6O2S/c1-22(14-7-4-3-5-8-14)12-10-19-15(25)13-23(2)17-20-21-18(27-17)24-11-6-9-16(24)26/h14H,3-13H2,1-2H3,(H,19,25). The minimum absolute atomic E-state index is 0.0245. The van der Waals surface area contributed by atoms with Crippen LogP contribution < -0.4 is 15.1 Å². The Morgan fingerprint density at radius 1 is 1.22 bits per heavy atom. The third-order valence-corrected chi connectivity index (χ3v) is 6.46. The van der Waals surface area contributed by atoms with Crippen LogP contribution in [0.25, 0.3) is 0 Å². The van der Waals surface area contributed by atoms with Crippen molar-refractivity contribution in [1.82, 2.24) is 20.4 Å². The zero-order valence-electron chi connectivity index (χ0n) is 16.3. The molecule has 0 radical (unpaired) electrons. The fourth-order valence-corrected chi connectivity index (χ4v) is 4.59. The molecule has 1 N–H and O–H groups in total. The Morgan fingerprint density at radius 2 is 2.00 bits per heavy atom. The van der Waals surface area contributed by atoms with Crippen LogP contribution in [0.3, 0.4) is 0 Å². The van der Waals surface area contributed by atoms with Crippen molar-refractivity contribution in [1.29, 1.82) is 0 Å². The smallest absolute Gasteiger partial charge is 0.239 e. The lowest BCUT2D eigenvalue weighted by Crippen LogP contribution is -2.42. The summed E-state index contributed by atoms with van der Waals surface area (Å²) in [6.45, 7) is 2.46. The van der Waals surface area contributed by atoms with Crippen molar-refractivity contribution in [2.45, 2.75) is 51.0 Å². The lowest BCUT2D eigenvalue weighted by Gasteiger charge is -2.31. The number of aromatic nitrogens is 2. The van der Waals surface area contributed by atoms with Crippen LogP contribution in [0.1, 0.15) is 44.9 Å². The number of anilines is 2. The molecule has 3 rings (SSSR count). The van der Waals surface area contributed by atoms with Gasteiger partial charge >= 0.3 is 0 Å². The Balaban J connectivity index is 1.40. The average molecular weight is 395 g/mol. The SMILES string of the molecule is CN(CC(=O)NCCN(C)C1CCCCC1)c1nnc(N2CCCC2=O)s1. The maximum atomic E-state index is 12.2. The molecule has 1 saturated carbocycles. The van der Waals surface area contributed by atoms with Gasteiger partial charge in [0.15, 0.2) is 0 Å². The van der Waals surface area contributed by atoms with Gasteiger partial charge in [0, 0.05) is 39.1 Å². The van der Waals surface area contributed by atoms with Gasteiger partial charge in [0.1, 0.15) is 0 Å². The van der Waals surface area contributed by atoms with Crippen LogP contribution in [0.4, 0.5) is 10.3 Å². The lowest BCUT2D eigenvalue weighted by molar-refractivity contribution is -0.120. The van der Waals surface area contributed by atoms with Crippen molar-refractivity contribution in [2.24, 2.45) is 0 Å². The quantitative estimate of drug-likeness (QED) is 0.719. The summed E-state index contributed by atoms with van der Waals surface area (Å²) in [7, 11) is 3.97. The van der Waals surface area contributed by atoms with Crippen LogP contribution in [0.15, 0.2) is 0 Å². The van der Waals surface area contributed by atoms with Gasteiger partial charge in [0.2, 0.25) is 22.1 Å². The number of amides is 2. The molecule has 8 nitrogen and oxygen atoms in total. The summed E-state index contributed by atoms with van der Waals surface area (Å²) in [6, 6.07) is 0.659. The van der Waals surface area contributed by atoms with Crippen molar-refractivity contribution < 1.29 is 9.59 Å². The van der Waals surface area contributed by atoms with Gasteiger partial charge in [-0.25, -0.2) is 0 Å². The monoisotopic (exact) mass is 394 g/mol. The highest BCUT2D eigenvalue weighted by molar-refractivity contribution is 7.19. The molecule has 150 valence electrons. The van der Waals surface area contributed by atoms with Crippen LogP contribution in [-0.4, -0.2) is 73.2 Å². The molecule has 1 aromatic rings. The molecule has 2 amide bonds. The minimum atomic E-state index is -0.0245. The van der Waals surface area contributed by atoms with Gasteiger partial charge in [-0.2, -0.15) is 0 Å². The summed E-state index contributed by atoms with van der Waals surface area (Å²) in [5.74, 6) is 0.0729. The van der Waals surface area contributed by atoms with Gasteiger partial charge in [-0.1, -0.05) is 30.6 Å². The van der Waals surface area contributed by atoms with Crippen LogP contribution >= 0.6 is 11.3 Å². The number of hydrogen-bond donors (Lipinski definition) is 1. The van der Waals surface area contributed by atoms with E-state index in [0.29, 0.717) is 35.8 Å². The van der Waals surface area contributed by atoms with Gasteiger partial charge in [-0.3, -0.25) is 14.5 Å². The molecule has 0 unspecified atom stereocenters. The van der Waals surface area contributed by atoms with E-state index >= 15 is 0 Å². The van der Waals surface area contributed by atoms with Crippen LogP contribution in [-0.2, 0) is 9.59 Å². The Morgan fingerprint density at radius 3 is 2.70 bits per heavy atom. The highest BCUT2D eigenvalue weighted by Crippen LogP contribution is 2.29. The van der Waals surface area contributed by atoms with Crippen LogP contribution in [0.2, 0.25) is 0 Å². The van der Waals surface area contributed by atoms with E-state index in [1.54, 1.807) is 9.80 Å². The number of rotatable bonds is 8.